The van der Waals surface area contributed by atoms with Crippen molar-refractivity contribution in [1.29, 1.82) is 0 Å². The molecule has 0 spiro atoms. The van der Waals surface area contributed by atoms with Gasteiger partial charge in [-0.25, -0.2) is 0 Å². The summed E-state index contributed by atoms with van der Waals surface area (Å²) >= 11 is 0. The molecule has 0 heterocycles. The van der Waals surface area contributed by atoms with E-state index < -0.39 is 0 Å². The molecule has 4 nitrogen and oxygen atoms in total. The van der Waals surface area contributed by atoms with Crippen LogP contribution in [0.2, 0.25) is 0 Å². The smallest absolute Gasteiger partial charge is 0.119 e. The molecule has 0 saturated heterocycles. The molecule has 2 rings (SSSR count). The maximum Gasteiger partial charge on any atom is 0.119 e. The first-order valence-corrected chi connectivity index (χ1v) is 17.6. The van der Waals surface area contributed by atoms with Gasteiger partial charge in [0.15, 0.2) is 0 Å². The van der Waals surface area contributed by atoms with E-state index in [0.29, 0.717) is 0 Å². The van der Waals surface area contributed by atoms with Crippen LogP contribution in [0.1, 0.15) is 135 Å². The van der Waals surface area contributed by atoms with E-state index in [1.807, 2.05) is 54.6 Å². The maximum absolute atomic E-state index is 5.91. The van der Waals surface area contributed by atoms with Crippen molar-refractivity contribution >= 4 is 11.4 Å². The van der Waals surface area contributed by atoms with Crippen molar-refractivity contribution in [2.45, 2.75) is 135 Å². The minimum absolute atomic E-state index is 0.791. The molecular formula is C38H64N3O+. The third kappa shape index (κ3) is 19.8. The van der Waals surface area contributed by atoms with E-state index in [1.54, 1.807) is 0 Å². The lowest BCUT2D eigenvalue weighted by Gasteiger charge is -2.30. The highest BCUT2D eigenvalue weighted by atomic mass is 16.5. The third-order valence-electron chi connectivity index (χ3n) is 8.42. The fourth-order valence-electron chi connectivity index (χ4n) is 5.60. The van der Waals surface area contributed by atoms with Gasteiger partial charge in [-0.1, -0.05) is 121 Å². The predicted molar refractivity (Wildman–Crippen MR) is 182 cm³/mol. The Kier molecular flexibility index (Phi) is 20.8. The normalized spacial score (nSPS) is 11.9. The molecule has 0 fully saturated rings. The quantitative estimate of drug-likeness (QED) is 0.0589. The van der Waals surface area contributed by atoms with E-state index in [9.17, 15) is 0 Å². The first-order chi connectivity index (χ1) is 20.6. The van der Waals surface area contributed by atoms with Gasteiger partial charge in [0, 0.05) is 0 Å². The molecule has 0 aliphatic rings. The monoisotopic (exact) mass is 579 g/mol. The molecule has 0 aromatic heterocycles. The second-order valence-corrected chi connectivity index (χ2v) is 13.0. The molecule has 0 N–H and O–H groups in total. The number of quaternary nitrogens is 1. The van der Waals surface area contributed by atoms with Crippen LogP contribution >= 0.6 is 0 Å². The molecule has 4 heteroatoms. The lowest BCUT2D eigenvalue weighted by atomic mass is 10.1. The van der Waals surface area contributed by atoms with Gasteiger partial charge in [-0.15, -0.1) is 0 Å². The highest BCUT2D eigenvalue weighted by molar-refractivity contribution is 5.42. The summed E-state index contributed by atoms with van der Waals surface area (Å²) in [4.78, 5) is 0. The summed E-state index contributed by atoms with van der Waals surface area (Å²) in [5, 5.41) is 8.55. The summed E-state index contributed by atoms with van der Waals surface area (Å²) in [6.07, 6.45) is 27.8. The van der Waals surface area contributed by atoms with E-state index in [0.717, 1.165) is 30.2 Å². The van der Waals surface area contributed by atoms with Crippen LogP contribution in [-0.4, -0.2) is 38.3 Å². The Morgan fingerprint density at radius 2 is 0.881 bits per heavy atom. The molecule has 0 aliphatic carbocycles. The molecule has 0 radical (unpaired) electrons. The zero-order chi connectivity index (χ0) is 30.0. The lowest BCUT2D eigenvalue weighted by Crippen LogP contribution is -2.41. The second-order valence-electron chi connectivity index (χ2n) is 13.0. The largest absolute Gasteiger partial charge is 0.494 e. The number of benzene rings is 2. The van der Waals surface area contributed by atoms with Crippen LogP contribution in [0.25, 0.3) is 0 Å². The Bertz CT molecular complexity index is 894. The van der Waals surface area contributed by atoms with Gasteiger partial charge >= 0.3 is 0 Å². The van der Waals surface area contributed by atoms with Crippen LogP contribution in [-0.2, 0) is 0 Å². The summed E-state index contributed by atoms with van der Waals surface area (Å²) in [7, 11) is 4.88. The molecular weight excluding hydrogens is 514 g/mol. The Morgan fingerprint density at radius 1 is 0.476 bits per heavy atom. The van der Waals surface area contributed by atoms with E-state index in [2.05, 4.69) is 31.2 Å². The molecule has 0 unspecified atom stereocenters. The van der Waals surface area contributed by atoms with Crippen molar-refractivity contribution in [2.24, 2.45) is 10.2 Å². The number of ether oxygens (including phenoxy) is 1. The number of azo groups is 1. The molecule has 0 atom stereocenters. The van der Waals surface area contributed by atoms with Crippen molar-refractivity contribution in [3.63, 3.8) is 0 Å². The number of rotatable bonds is 27. The zero-order valence-corrected chi connectivity index (χ0v) is 27.7. The van der Waals surface area contributed by atoms with Gasteiger partial charge in [0.2, 0.25) is 0 Å². The van der Waals surface area contributed by atoms with Gasteiger partial charge in [0.25, 0.3) is 0 Å². The van der Waals surface area contributed by atoms with E-state index in [1.165, 1.54) is 140 Å². The highest BCUT2D eigenvalue weighted by Gasteiger charge is 2.13. The van der Waals surface area contributed by atoms with Crippen molar-refractivity contribution in [2.75, 3.05) is 33.8 Å². The minimum Gasteiger partial charge on any atom is -0.494 e. The number of nitrogens with zero attached hydrogens (tertiary/aromatic N) is 3. The number of hydrogen-bond donors (Lipinski definition) is 0. The molecule has 42 heavy (non-hydrogen) atoms. The summed E-state index contributed by atoms with van der Waals surface area (Å²) in [5.41, 5.74) is 1.70. The van der Waals surface area contributed by atoms with Gasteiger partial charge in [0.1, 0.15) is 5.75 Å². The summed E-state index contributed by atoms with van der Waals surface area (Å²) in [6, 6.07) is 17.7. The van der Waals surface area contributed by atoms with Crippen molar-refractivity contribution < 1.29 is 9.22 Å². The first-order valence-electron chi connectivity index (χ1n) is 17.6. The fourth-order valence-corrected chi connectivity index (χ4v) is 5.60. The van der Waals surface area contributed by atoms with Crippen LogP contribution in [0.15, 0.2) is 64.8 Å². The summed E-state index contributed by atoms with van der Waals surface area (Å²) < 4.78 is 7.13. The van der Waals surface area contributed by atoms with Crippen molar-refractivity contribution in [1.82, 2.24) is 0 Å². The average Bonchev–Trinajstić information content (AvgIpc) is 3.00. The Hall–Kier alpha value is -2.20. The SMILES string of the molecule is CCCCCCCCCCCC[N+](C)(C)CCCCCCCCCCCCOc1ccc(N=Nc2ccccc2)cc1. The Balaban J connectivity index is 1.33. The van der Waals surface area contributed by atoms with Gasteiger partial charge < -0.3 is 9.22 Å². The van der Waals surface area contributed by atoms with Gasteiger partial charge in [-0.3, -0.25) is 0 Å². The maximum atomic E-state index is 5.91. The molecule has 0 saturated carbocycles. The van der Waals surface area contributed by atoms with Gasteiger partial charge in [-0.05, 0) is 68.5 Å². The third-order valence-corrected chi connectivity index (χ3v) is 8.42. The summed E-state index contributed by atoms with van der Waals surface area (Å²) in [6.45, 7) is 5.80. The Morgan fingerprint density at radius 3 is 1.36 bits per heavy atom. The fraction of sp³-hybridized carbons (Fsp3) is 0.684. The van der Waals surface area contributed by atoms with Gasteiger partial charge in [0.05, 0.1) is 45.2 Å². The first kappa shape index (κ1) is 36.0. The molecule has 0 aliphatic heterocycles. The second kappa shape index (κ2) is 24.3. The molecule has 0 bridgehead atoms. The standard InChI is InChI=1S/C38H64N3O/c1-4-5-6-7-8-9-12-15-18-24-33-41(2,3)34-25-19-16-13-10-11-14-17-20-26-35-42-38-31-29-37(30-32-38)40-39-36-27-22-21-23-28-36/h21-23,27-32H,4-20,24-26,33-35H2,1-3H3/q+1. The van der Waals surface area contributed by atoms with Crippen molar-refractivity contribution in [3.8, 4) is 5.75 Å². The van der Waals surface area contributed by atoms with E-state index in [-0.39, 0.29) is 0 Å². The van der Waals surface area contributed by atoms with Crippen LogP contribution in [0, 0.1) is 0 Å². The summed E-state index contributed by atoms with van der Waals surface area (Å²) in [5.74, 6) is 0.912. The van der Waals surface area contributed by atoms with Crippen molar-refractivity contribution in [3.05, 3.63) is 54.6 Å². The lowest BCUT2D eigenvalue weighted by molar-refractivity contribution is -0.890. The minimum atomic E-state index is 0.791. The molecule has 2 aromatic carbocycles. The number of hydrogen-bond acceptors (Lipinski definition) is 3. The van der Waals surface area contributed by atoms with Crippen LogP contribution in [0.5, 0.6) is 5.75 Å². The number of unbranched alkanes of at least 4 members (excludes halogenated alkanes) is 18. The topological polar surface area (TPSA) is 34.0 Å². The van der Waals surface area contributed by atoms with Crippen LogP contribution < -0.4 is 4.74 Å². The van der Waals surface area contributed by atoms with E-state index in [4.69, 9.17) is 4.74 Å². The van der Waals surface area contributed by atoms with Gasteiger partial charge in [-0.2, -0.15) is 10.2 Å². The molecule has 0 amide bonds. The average molecular weight is 579 g/mol. The van der Waals surface area contributed by atoms with Crippen LogP contribution in [0.3, 0.4) is 0 Å². The van der Waals surface area contributed by atoms with E-state index >= 15 is 0 Å². The molecule has 236 valence electrons. The zero-order valence-electron chi connectivity index (χ0n) is 27.7. The van der Waals surface area contributed by atoms with Crippen LogP contribution in [0.4, 0.5) is 11.4 Å². The molecule has 2 aromatic rings. The predicted octanol–water partition coefficient (Wildman–Crippen LogP) is 12.4. The Labute approximate surface area is 260 Å². The highest BCUT2D eigenvalue weighted by Crippen LogP contribution is 2.21.